The predicted molar refractivity (Wildman–Crippen MR) is 176 cm³/mol. The summed E-state index contributed by atoms with van der Waals surface area (Å²) in [7, 11) is -1.49. The molecule has 3 heterocycles. The lowest BCUT2D eigenvalue weighted by atomic mass is 10.1. The second kappa shape index (κ2) is 15.8. The van der Waals surface area contributed by atoms with Crippen LogP contribution < -0.4 is 15.2 Å². The molecule has 1 unspecified atom stereocenters. The second-order valence-corrected chi connectivity index (χ2v) is 12.6. The van der Waals surface area contributed by atoms with Gasteiger partial charge in [-0.3, -0.25) is 29.0 Å². The second-order valence-electron chi connectivity index (χ2n) is 11.3. The summed E-state index contributed by atoms with van der Waals surface area (Å²) in [5.74, 6) is -1.11. The summed E-state index contributed by atoms with van der Waals surface area (Å²) in [4.78, 5) is 60.8. The molecule has 5 rings (SSSR count). The number of phosphoric acid groups is 1. The van der Waals surface area contributed by atoms with E-state index < -0.39 is 74.3 Å². The van der Waals surface area contributed by atoms with Crippen molar-refractivity contribution >= 4 is 42.6 Å². The molecule has 21 nitrogen and oxygen atoms in total. The Labute approximate surface area is 294 Å². The van der Waals surface area contributed by atoms with E-state index in [2.05, 4.69) is 15.0 Å². The minimum Gasteiger partial charge on any atom is -0.493 e. The van der Waals surface area contributed by atoms with Crippen molar-refractivity contribution in [1.82, 2.24) is 24.4 Å². The highest BCUT2D eigenvalue weighted by Gasteiger charge is 2.46. The number of likely N-dealkylation sites (N-methyl/N-ethyl adjacent to an activating group) is 1. The summed E-state index contributed by atoms with van der Waals surface area (Å²) in [5.41, 5.74) is 6.23. The van der Waals surface area contributed by atoms with Gasteiger partial charge in [0.15, 0.2) is 29.2 Å². The van der Waals surface area contributed by atoms with Gasteiger partial charge in [0.1, 0.15) is 42.8 Å². The third kappa shape index (κ3) is 8.20. The number of nitrogen functional groups attached to an aromatic ring is 1. The Morgan fingerprint density at radius 1 is 1.12 bits per heavy atom. The van der Waals surface area contributed by atoms with Crippen molar-refractivity contribution in [3.63, 3.8) is 0 Å². The molecule has 52 heavy (non-hydrogen) atoms. The number of methoxy groups -OCH3 is 2. The van der Waals surface area contributed by atoms with E-state index in [0.717, 1.165) is 24.3 Å². The number of nitrogens with two attached hydrogens (primary N) is 1. The van der Waals surface area contributed by atoms with Crippen molar-refractivity contribution in [3.05, 3.63) is 76.4 Å². The van der Waals surface area contributed by atoms with Gasteiger partial charge in [-0.1, -0.05) is 30.3 Å². The van der Waals surface area contributed by atoms with Crippen LogP contribution in [0.1, 0.15) is 17.4 Å². The van der Waals surface area contributed by atoms with Crippen LogP contribution in [0.15, 0.2) is 55.1 Å². The summed E-state index contributed by atoms with van der Waals surface area (Å²) >= 11 is 0. The van der Waals surface area contributed by atoms with Crippen LogP contribution in [-0.2, 0) is 40.9 Å². The monoisotopic (exact) mass is 747 g/mol. The number of rotatable bonds is 14. The number of benzene rings is 2. The smallest absolute Gasteiger partial charge is 0.493 e. The highest BCUT2D eigenvalue weighted by atomic mass is 31.2. The number of nitro groups is 1. The fourth-order valence-electron chi connectivity index (χ4n) is 5.30. The first kappa shape index (κ1) is 37.8. The van der Waals surface area contributed by atoms with Crippen LogP contribution in [0.5, 0.6) is 11.5 Å². The van der Waals surface area contributed by atoms with Crippen LogP contribution in [0.25, 0.3) is 11.2 Å². The Bertz CT molecular complexity index is 1980. The molecule has 1 amide bonds. The number of nitrogens with zero attached hydrogens (tertiary/aromatic N) is 6. The predicted octanol–water partition coefficient (Wildman–Crippen LogP) is 1.49. The maximum atomic E-state index is 13.4. The maximum Gasteiger partial charge on any atom is 0.529 e. The number of carbonyl (C=O) groups is 2. The molecule has 2 aromatic carbocycles. The van der Waals surface area contributed by atoms with Gasteiger partial charge in [-0.25, -0.2) is 29.1 Å². The van der Waals surface area contributed by atoms with Crippen molar-refractivity contribution in [3.8, 4) is 11.5 Å². The molecule has 5 N–H and O–H groups in total. The molecule has 1 aliphatic heterocycles. The summed E-state index contributed by atoms with van der Waals surface area (Å²) in [6.07, 6.45) is -4.81. The van der Waals surface area contributed by atoms with Crippen LogP contribution in [0.3, 0.4) is 0 Å². The standard InChI is InChI=1S/C30H34N7O14P/c1-35(30(41)48-12-17-10-20(46-2)21(47-3)11-18(17)37(42)43)19(9-16-7-5-4-6-8-16)29(40)51-52(44,45)49-13-22-24(38)25(39)28(50-22)36-15-34-23-26(31)32-14-33-27(23)36/h4-8,10-11,14-15,19,22,24-25,28,38-39H,9,12-13H2,1-3H3,(H,44,45)(H2,31,32,33)/t19-,22+,24+,25+,28+/m0/s1. The lowest BCUT2D eigenvalue weighted by Crippen LogP contribution is -2.44. The van der Waals surface area contributed by atoms with Crippen LogP contribution in [0, 0.1) is 10.1 Å². The third-order valence-electron chi connectivity index (χ3n) is 8.04. The van der Waals surface area contributed by atoms with Gasteiger partial charge >= 0.3 is 19.9 Å². The van der Waals surface area contributed by atoms with Crippen LogP contribution in [-0.4, -0.2) is 109 Å². The number of fused-ring (bicyclic) bond motifs is 1. The van der Waals surface area contributed by atoms with Crippen LogP contribution >= 0.6 is 7.82 Å². The average Bonchev–Trinajstić information content (AvgIpc) is 3.68. The van der Waals surface area contributed by atoms with E-state index in [9.17, 15) is 39.4 Å². The summed E-state index contributed by atoms with van der Waals surface area (Å²) in [6.45, 7) is -1.45. The molecule has 1 aliphatic rings. The lowest BCUT2D eigenvalue weighted by Gasteiger charge is -2.27. The number of aromatic nitrogens is 4. The molecule has 0 bridgehead atoms. The van der Waals surface area contributed by atoms with E-state index in [-0.39, 0.29) is 40.5 Å². The highest BCUT2D eigenvalue weighted by Crippen LogP contribution is 2.45. The molecule has 4 aromatic rings. The molecular formula is C30H34N7O14P. The number of hydrogen-bond acceptors (Lipinski definition) is 17. The number of anilines is 1. The Balaban J connectivity index is 1.27. The van der Waals surface area contributed by atoms with E-state index in [4.69, 9.17) is 33.7 Å². The van der Waals surface area contributed by atoms with Crippen molar-refractivity contribution in [2.45, 2.75) is 43.6 Å². The molecule has 0 aliphatic carbocycles. The van der Waals surface area contributed by atoms with Crippen molar-refractivity contribution < 1.29 is 62.2 Å². The van der Waals surface area contributed by atoms with Crippen molar-refractivity contribution in [2.24, 2.45) is 0 Å². The number of ether oxygens (including phenoxy) is 4. The number of hydrogen-bond donors (Lipinski definition) is 4. The normalized spacial score (nSPS) is 20.1. The first-order valence-corrected chi connectivity index (χ1v) is 16.7. The highest BCUT2D eigenvalue weighted by molar-refractivity contribution is 7.48. The van der Waals surface area contributed by atoms with Gasteiger partial charge in [-0.05, 0) is 11.6 Å². The van der Waals surface area contributed by atoms with Crippen molar-refractivity contribution in [1.29, 1.82) is 0 Å². The molecule has 1 fully saturated rings. The number of aliphatic hydroxyl groups is 2. The maximum absolute atomic E-state index is 13.4. The molecule has 6 atom stereocenters. The molecule has 1 saturated heterocycles. The van der Waals surface area contributed by atoms with E-state index in [1.807, 2.05) is 0 Å². The third-order valence-corrected chi connectivity index (χ3v) is 8.92. The summed E-state index contributed by atoms with van der Waals surface area (Å²) in [5, 5.41) is 33.0. The Morgan fingerprint density at radius 2 is 1.81 bits per heavy atom. The molecule has 278 valence electrons. The summed E-state index contributed by atoms with van der Waals surface area (Å²) in [6, 6.07) is 9.08. The number of nitro benzene ring substituents is 1. The fraction of sp³-hybridized carbons (Fsp3) is 0.367. The van der Waals surface area contributed by atoms with Crippen LogP contribution in [0.4, 0.5) is 16.3 Å². The summed E-state index contributed by atoms with van der Waals surface area (Å²) < 4.78 is 45.4. The molecule has 2 aromatic heterocycles. The Hall–Kier alpha value is -5.44. The Kier molecular flexibility index (Phi) is 11.5. The van der Waals surface area contributed by atoms with E-state index in [1.165, 1.54) is 31.2 Å². The molecule has 0 radical (unpaired) electrons. The number of aliphatic hydroxyl groups excluding tert-OH is 2. The van der Waals surface area contributed by atoms with Gasteiger partial charge in [0, 0.05) is 13.5 Å². The topological polar surface area (TPSA) is 283 Å². The van der Waals surface area contributed by atoms with Crippen molar-refractivity contribution in [2.75, 3.05) is 33.6 Å². The van der Waals surface area contributed by atoms with Gasteiger partial charge in [-0.2, -0.15) is 0 Å². The zero-order valence-electron chi connectivity index (χ0n) is 27.7. The average molecular weight is 748 g/mol. The molecule has 0 spiro atoms. The first-order valence-electron chi connectivity index (χ1n) is 15.2. The van der Waals surface area contributed by atoms with Gasteiger partial charge in [0.2, 0.25) is 0 Å². The quantitative estimate of drug-likeness (QED) is 0.0807. The zero-order valence-corrected chi connectivity index (χ0v) is 28.6. The lowest BCUT2D eigenvalue weighted by molar-refractivity contribution is -0.385. The minimum atomic E-state index is -5.26. The van der Waals surface area contributed by atoms with Crippen LogP contribution in [0.2, 0.25) is 0 Å². The number of amides is 1. The van der Waals surface area contributed by atoms with Gasteiger partial charge in [-0.15, -0.1) is 0 Å². The zero-order chi connectivity index (χ0) is 37.7. The Morgan fingerprint density at radius 3 is 2.48 bits per heavy atom. The van der Waals surface area contributed by atoms with E-state index in [1.54, 1.807) is 30.3 Å². The first-order chi connectivity index (χ1) is 24.7. The largest absolute Gasteiger partial charge is 0.529 e. The molecular weight excluding hydrogens is 713 g/mol. The van der Waals surface area contributed by atoms with Gasteiger partial charge in [0.05, 0.1) is 43.7 Å². The van der Waals surface area contributed by atoms with E-state index in [0.29, 0.717) is 5.56 Å². The molecule has 0 saturated carbocycles. The SMILES string of the molecule is COc1cc(COC(=O)N(C)[C@@H](Cc2ccccc2)C(=O)OP(=O)(O)OC[C@H]2O[C@@H](n3cnc4c(N)ncnc43)[C@H](O)[C@@H]2O)c([N+](=O)[O-])cc1OC. The number of imidazole rings is 1. The van der Waals surface area contributed by atoms with E-state index >= 15 is 0 Å². The minimum absolute atomic E-state index is 0.0536. The number of phosphoric ester groups is 1. The fourth-order valence-corrected chi connectivity index (χ4v) is 6.04. The molecule has 22 heteroatoms. The number of carbonyl (C=O) groups excluding carboxylic acids is 2. The van der Waals surface area contributed by atoms with Gasteiger partial charge < -0.3 is 39.4 Å². The van der Waals surface area contributed by atoms with Gasteiger partial charge in [0.25, 0.3) is 5.69 Å².